The van der Waals surface area contributed by atoms with Gasteiger partial charge in [0.15, 0.2) is 11.7 Å². The van der Waals surface area contributed by atoms with Gasteiger partial charge in [0, 0.05) is 24.5 Å². The molecular weight excluding hydrogens is 252 g/mol. The van der Waals surface area contributed by atoms with Crippen LogP contribution in [0.15, 0.2) is 0 Å². The second-order valence-corrected chi connectivity index (χ2v) is 6.17. The van der Waals surface area contributed by atoms with Crippen LogP contribution in [0.3, 0.4) is 0 Å². The Kier molecular flexibility index (Phi) is 9.21. The second-order valence-electron chi connectivity index (χ2n) is 6.17. The van der Waals surface area contributed by atoms with Crippen LogP contribution in [0.5, 0.6) is 0 Å². The summed E-state index contributed by atoms with van der Waals surface area (Å²) in [5, 5.41) is 17.0. The Morgan fingerprint density at radius 1 is 1.05 bits per heavy atom. The van der Waals surface area contributed by atoms with Crippen molar-refractivity contribution in [3.8, 4) is 0 Å². The van der Waals surface area contributed by atoms with Crippen molar-refractivity contribution in [2.45, 2.75) is 72.5 Å². The fourth-order valence-electron chi connectivity index (χ4n) is 1.97. The Morgan fingerprint density at radius 3 is 2.10 bits per heavy atom. The lowest BCUT2D eigenvalue weighted by Crippen LogP contribution is -2.44. The monoisotopic (exact) mass is 284 g/mol. The molecule has 0 aliphatic rings. The topological polar surface area (TPSA) is 77.0 Å². The van der Waals surface area contributed by atoms with Crippen LogP contribution in [0.2, 0.25) is 0 Å². The largest absolute Gasteiger partial charge is 0.357 e. The lowest BCUT2D eigenvalue weighted by molar-refractivity contribution is -0.124. The highest BCUT2D eigenvalue weighted by atomic mass is 16.1. The highest BCUT2D eigenvalue weighted by Crippen LogP contribution is 2.07. The predicted octanol–water partition coefficient (Wildman–Crippen LogP) is 1.88. The Morgan fingerprint density at radius 2 is 1.65 bits per heavy atom. The number of carbonyl (C=O) groups excluding carboxylic acids is 1. The van der Waals surface area contributed by atoms with Crippen LogP contribution in [0, 0.1) is 11.3 Å². The minimum absolute atomic E-state index is 0.0557. The van der Waals surface area contributed by atoms with Crippen LogP contribution in [0.1, 0.15) is 54.4 Å². The van der Waals surface area contributed by atoms with Gasteiger partial charge in [0.25, 0.3) is 0 Å². The van der Waals surface area contributed by atoms with Crippen LogP contribution in [0.4, 0.5) is 0 Å². The highest BCUT2D eigenvalue weighted by Gasteiger charge is 2.21. The normalized spacial score (nSPS) is 12.8. The first-order valence-electron chi connectivity index (χ1n) is 7.62. The minimum Gasteiger partial charge on any atom is -0.357 e. The van der Waals surface area contributed by atoms with Gasteiger partial charge in [0.2, 0.25) is 0 Å². The number of hydrogen-bond acceptors (Lipinski definition) is 3. The smallest absolute Gasteiger partial charge is 0.188 e. The fraction of sp³-hybridized carbons (Fsp3) is 0.867. The number of hydrogen-bond donors (Lipinski definition) is 4. The van der Waals surface area contributed by atoms with Crippen LogP contribution in [-0.2, 0) is 4.79 Å². The molecule has 0 aliphatic heterocycles. The highest BCUT2D eigenvalue weighted by molar-refractivity contribution is 5.85. The molecule has 4 N–H and O–H groups in total. The standard InChI is InChI=1S/C15H32N4O/c1-10(2)14(20)13(18-11(3)4)8-7-9-17-15(16)19-12(5)6/h10-13,18H,7-9H2,1-6H3,(H3,16,17,19). The van der Waals surface area contributed by atoms with Crippen molar-refractivity contribution in [3.05, 3.63) is 0 Å². The number of ketones is 1. The van der Waals surface area contributed by atoms with E-state index in [1.807, 2.05) is 27.7 Å². The number of Topliss-reactive ketones (excluding diaryl/α,β-unsaturated/α-hetero) is 1. The van der Waals surface area contributed by atoms with Crippen molar-refractivity contribution in [3.63, 3.8) is 0 Å². The van der Waals surface area contributed by atoms with E-state index in [9.17, 15) is 4.79 Å². The molecular formula is C15H32N4O. The zero-order valence-electron chi connectivity index (χ0n) is 13.8. The summed E-state index contributed by atoms with van der Waals surface area (Å²) in [5.41, 5.74) is 0. The molecule has 0 heterocycles. The molecule has 0 saturated heterocycles. The number of rotatable bonds is 9. The molecule has 5 nitrogen and oxygen atoms in total. The lowest BCUT2D eigenvalue weighted by atomic mass is 9.97. The van der Waals surface area contributed by atoms with Gasteiger partial charge in [-0.3, -0.25) is 10.2 Å². The van der Waals surface area contributed by atoms with E-state index < -0.39 is 0 Å². The molecule has 118 valence electrons. The third-order valence-electron chi connectivity index (χ3n) is 2.85. The SMILES string of the molecule is CC(C)NC(=N)NCCCC(NC(C)C)C(=O)C(C)C. The van der Waals surface area contributed by atoms with Gasteiger partial charge in [-0.25, -0.2) is 0 Å². The molecule has 0 saturated carbocycles. The summed E-state index contributed by atoms with van der Waals surface area (Å²) in [6, 6.07) is 0.480. The summed E-state index contributed by atoms with van der Waals surface area (Å²) in [4.78, 5) is 12.1. The molecule has 0 rings (SSSR count). The Bertz CT molecular complexity index is 300. The van der Waals surface area contributed by atoms with E-state index in [1.165, 1.54) is 0 Å². The van der Waals surface area contributed by atoms with E-state index in [0.717, 1.165) is 12.8 Å². The van der Waals surface area contributed by atoms with Crippen LogP contribution >= 0.6 is 0 Å². The average Bonchev–Trinajstić information content (AvgIpc) is 2.30. The Hall–Kier alpha value is -1.10. The van der Waals surface area contributed by atoms with E-state index in [4.69, 9.17) is 5.41 Å². The fourth-order valence-corrected chi connectivity index (χ4v) is 1.97. The van der Waals surface area contributed by atoms with Crippen molar-refractivity contribution in [2.75, 3.05) is 6.54 Å². The minimum atomic E-state index is -0.0796. The first kappa shape index (κ1) is 18.9. The maximum Gasteiger partial charge on any atom is 0.188 e. The van der Waals surface area contributed by atoms with Crippen molar-refractivity contribution >= 4 is 11.7 Å². The van der Waals surface area contributed by atoms with Gasteiger partial charge in [0.05, 0.1) is 6.04 Å². The summed E-state index contributed by atoms with van der Waals surface area (Å²) in [7, 11) is 0. The number of guanidine groups is 1. The van der Waals surface area contributed by atoms with Gasteiger partial charge in [-0.1, -0.05) is 27.7 Å². The maximum absolute atomic E-state index is 12.1. The molecule has 0 bridgehead atoms. The molecule has 1 atom stereocenters. The summed E-state index contributed by atoms with van der Waals surface area (Å²) in [6.45, 7) is 12.7. The third kappa shape index (κ3) is 8.91. The molecule has 0 spiro atoms. The van der Waals surface area contributed by atoms with E-state index in [0.29, 0.717) is 18.5 Å². The zero-order valence-corrected chi connectivity index (χ0v) is 13.8. The third-order valence-corrected chi connectivity index (χ3v) is 2.85. The molecule has 5 heteroatoms. The molecule has 0 radical (unpaired) electrons. The van der Waals surface area contributed by atoms with Gasteiger partial charge in [-0.05, 0) is 26.7 Å². The summed E-state index contributed by atoms with van der Waals surface area (Å²) < 4.78 is 0. The number of carbonyl (C=O) groups is 1. The molecule has 0 amide bonds. The molecule has 0 aliphatic carbocycles. The van der Waals surface area contributed by atoms with Crippen molar-refractivity contribution in [2.24, 2.45) is 5.92 Å². The molecule has 0 aromatic heterocycles. The summed E-state index contributed by atoms with van der Waals surface area (Å²) in [5.74, 6) is 0.678. The van der Waals surface area contributed by atoms with Crippen molar-refractivity contribution in [1.29, 1.82) is 5.41 Å². The first-order valence-corrected chi connectivity index (χ1v) is 7.62. The zero-order chi connectivity index (χ0) is 15.7. The summed E-state index contributed by atoms with van der Waals surface area (Å²) in [6.07, 6.45) is 1.67. The van der Waals surface area contributed by atoms with Gasteiger partial charge >= 0.3 is 0 Å². The van der Waals surface area contributed by atoms with Gasteiger partial charge in [-0.15, -0.1) is 0 Å². The van der Waals surface area contributed by atoms with Crippen molar-refractivity contribution < 1.29 is 4.79 Å². The van der Waals surface area contributed by atoms with Crippen LogP contribution in [-0.4, -0.2) is 36.4 Å². The Balaban J connectivity index is 4.08. The van der Waals surface area contributed by atoms with E-state index in [1.54, 1.807) is 0 Å². The Labute approximate surface area is 123 Å². The molecule has 0 fully saturated rings. The second kappa shape index (κ2) is 9.75. The van der Waals surface area contributed by atoms with Gasteiger partial charge in [-0.2, -0.15) is 0 Å². The van der Waals surface area contributed by atoms with Gasteiger partial charge in [0.1, 0.15) is 0 Å². The molecule has 0 aromatic carbocycles. The van der Waals surface area contributed by atoms with Crippen molar-refractivity contribution in [1.82, 2.24) is 16.0 Å². The molecule has 0 aromatic rings. The quantitative estimate of drug-likeness (QED) is 0.296. The van der Waals surface area contributed by atoms with E-state index in [2.05, 4.69) is 29.8 Å². The van der Waals surface area contributed by atoms with E-state index in [-0.39, 0.29) is 23.8 Å². The predicted molar refractivity (Wildman–Crippen MR) is 85.1 cm³/mol. The lowest BCUT2D eigenvalue weighted by Gasteiger charge is -2.22. The van der Waals surface area contributed by atoms with Gasteiger partial charge < -0.3 is 16.0 Å². The van der Waals surface area contributed by atoms with Crippen LogP contribution in [0.25, 0.3) is 0 Å². The molecule has 20 heavy (non-hydrogen) atoms. The first-order chi connectivity index (χ1) is 9.23. The summed E-state index contributed by atoms with van der Waals surface area (Å²) >= 11 is 0. The average molecular weight is 284 g/mol. The van der Waals surface area contributed by atoms with E-state index >= 15 is 0 Å². The maximum atomic E-state index is 12.1. The van der Waals surface area contributed by atoms with Crippen LogP contribution < -0.4 is 16.0 Å². The number of nitrogens with one attached hydrogen (secondary N) is 4. The molecule has 1 unspecified atom stereocenters.